The Kier molecular flexibility index (Phi) is 6.52. The molecular formula is C17H27N3O2. The van der Waals surface area contributed by atoms with Crippen molar-refractivity contribution in [2.45, 2.75) is 39.3 Å². The van der Waals surface area contributed by atoms with Gasteiger partial charge in [-0.3, -0.25) is 0 Å². The lowest BCUT2D eigenvalue weighted by Crippen LogP contribution is -2.41. The highest BCUT2D eigenvalue weighted by Gasteiger charge is 2.15. The van der Waals surface area contributed by atoms with E-state index in [1.165, 1.54) is 0 Å². The van der Waals surface area contributed by atoms with Crippen LogP contribution in [-0.2, 0) is 11.3 Å². The Bertz CT molecular complexity index is 497. The van der Waals surface area contributed by atoms with Crippen LogP contribution < -0.4 is 15.4 Å². The second-order valence-corrected chi connectivity index (χ2v) is 5.52. The van der Waals surface area contributed by atoms with Crippen LogP contribution in [0.15, 0.2) is 23.2 Å². The highest BCUT2D eigenvalue weighted by atomic mass is 16.5. The van der Waals surface area contributed by atoms with Crippen LogP contribution in [0.4, 0.5) is 0 Å². The molecular weight excluding hydrogens is 278 g/mol. The largest absolute Gasteiger partial charge is 0.496 e. The van der Waals surface area contributed by atoms with Crippen LogP contribution in [0.1, 0.15) is 30.9 Å². The fourth-order valence-corrected chi connectivity index (χ4v) is 2.49. The number of nitrogens with one attached hydrogen (secondary N) is 2. The molecule has 1 aromatic carbocycles. The molecule has 5 nitrogen and oxygen atoms in total. The van der Waals surface area contributed by atoms with Gasteiger partial charge in [-0.05, 0) is 43.9 Å². The summed E-state index contributed by atoms with van der Waals surface area (Å²) < 4.78 is 11.0. The summed E-state index contributed by atoms with van der Waals surface area (Å²) in [5.41, 5.74) is 2.27. The van der Waals surface area contributed by atoms with Crippen molar-refractivity contribution in [3.05, 3.63) is 29.3 Å². The van der Waals surface area contributed by atoms with Crippen molar-refractivity contribution < 1.29 is 9.47 Å². The topological polar surface area (TPSA) is 54.9 Å². The van der Waals surface area contributed by atoms with Crippen molar-refractivity contribution in [2.75, 3.05) is 26.8 Å². The van der Waals surface area contributed by atoms with Gasteiger partial charge in [-0.2, -0.15) is 0 Å². The summed E-state index contributed by atoms with van der Waals surface area (Å²) in [4.78, 5) is 4.63. The Hall–Kier alpha value is -1.75. The van der Waals surface area contributed by atoms with Gasteiger partial charge in [-0.15, -0.1) is 0 Å². The average molecular weight is 305 g/mol. The van der Waals surface area contributed by atoms with E-state index in [2.05, 4.69) is 34.7 Å². The predicted molar refractivity (Wildman–Crippen MR) is 89.5 cm³/mol. The second kappa shape index (κ2) is 8.63. The van der Waals surface area contributed by atoms with Crippen molar-refractivity contribution in [1.29, 1.82) is 0 Å². The van der Waals surface area contributed by atoms with Crippen LogP contribution in [0.2, 0.25) is 0 Å². The molecule has 1 heterocycles. The molecule has 0 saturated carbocycles. The van der Waals surface area contributed by atoms with E-state index in [9.17, 15) is 0 Å². The zero-order valence-corrected chi connectivity index (χ0v) is 13.8. The van der Waals surface area contributed by atoms with Gasteiger partial charge in [0.1, 0.15) is 5.75 Å². The fraction of sp³-hybridized carbons (Fsp3) is 0.588. The van der Waals surface area contributed by atoms with Gasteiger partial charge in [0.25, 0.3) is 0 Å². The number of aliphatic imine (C=N–C) groups is 1. The number of ether oxygens (including phenoxy) is 2. The third-order valence-corrected chi connectivity index (χ3v) is 3.76. The zero-order chi connectivity index (χ0) is 15.8. The normalized spacial score (nSPS) is 18.3. The summed E-state index contributed by atoms with van der Waals surface area (Å²) in [7, 11) is 1.70. The van der Waals surface area contributed by atoms with Gasteiger partial charge in [0.15, 0.2) is 5.96 Å². The lowest BCUT2D eigenvalue weighted by Gasteiger charge is -2.15. The average Bonchev–Trinajstić information content (AvgIpc) is 3.04. The van der Waals surface area contributed by atoms with E-state index in [0.29, 0.717) is 12.6 Å². The highest BCUT2D eigenvalue weighted by Crippen LogP contribution is 2.19. The van der Waals surface area contributed by atoms with Gasteiger partial charge in [0.2, 0.25) is 0 Å². The minimum Gasteiger partial charge on any atom is -0.496 e. The van der Waals surface area contributed by atoms with E-state index in [-0.39, 0.29) is 0 Å². The molecule has 2 rings (SSSR count). The van der Waals surface area contributed by atoms with Gasteiger partial charge >= 0.3 is 0 Å². The second-order valence-electron chi connectivity index (χ2n) is 5.52. The number of guanidine groups is 1. The van der Waals surface area contributed by atoms with Crippen molar-refractivity contribution in [3.63, 3.8) is 0 Å². The third kappa shape index (κ3) is 4.91. The standard InChI is InChI=1S/C17H27N3O2/c1-4-18-17(20-12-15-6-5-9-22-15)19-11-14-8-7-13(2)16(10-14)21-3/h7-8,10,15H,4-6,9,11-12H2,1-3H3,(H2,18,19,20). The molecule has 0 aliphatic carbocycles. The lowest BCUT2D eigenvalue weighted by atomic mass is 10.1. The van der Waals surface area contributed by atoms with Crippen molar-refractivity contribution >= 4 is 5.96 Å². The first-order valence-corrected chi connectivity index (χ1v) is 8.00. The molecule has 1 saturated heterocycles. The minimum atomic E-state index is 0.309. The van der Waals surface area contributed by atoms with Crippen LogP contribution in [0.3, 0.4) is 0 Å². The number of hydrogen-bond donors (Lipinski definition) is 2. The fourth-order valence-electron chi connectivity index (χ4n) is 2.49. The maximum atomic E-state index is 5.63. The van der Waals surface area contributed by atoms with Crippen LogP contribution in [0.25, 0.3) is 0 Å². The summed E-state index contributed by atoms with van der Waals surface area (Å²) in [6, 6.07) is 6.20. The van der Waals surface area contributed by atoms with Gasteiger partial charge in [-0.1, -0.05) is 12.1 Å². The molecule has 1 atom stereocenters. The molecule has 1 unspecified atom stereocenters. The summed E-state index contributed by atoms with van der Waals surface area (Å²) in [6.07, 6.45) is 2.59. The number of benzene rings is 1. The van der Waals surface area contributed by atoms with Crippen LogP contribution in [0.5, 0.6) is 5.75 Å². The third-order valence-electron chi connectivity index (χ3n) is 3.76. The Morgan fingerprint density at radius 3 is 2.95 bits per heavy atom. The molecule has 2 N–H and O–H groups in total. The zero-order valence-electron chi connectivity index (χ0n) is 13.8. The molecule has 1 aliphatic rings. The number of hydrogen-bond acceptors (Lipinski definition) is 3. The lowest BCUT2D eigenvalue weighted by molar-refractivity contribution is 0.114. The maximum Gasteiger partial charge on any atom is 0.191 e. The summed E-state index contributed by atoms with van der Waals surface area (Å²) in [5.74, 6) is 1.74. The van der Waals surface area contributed by atoms with E-state index in [1.54, 1.807) is 7.11 Å². The number of methoxy groups -OCH3 is 1. The molecule has 0 radical (unpaired) electrons. The van der Waals surface area contributed by atoms with Crippen LogP contribution >= 0.6 is 0 Å². The van der Waals surface area contributed by atoms with Crippen molar-refractivity contribution in [1.82, 2.24) is 10.6 Å². The molecule has 122 valence electrons. The molecule has 0 aromatic heterocycles. The smallest absolute Gasteiger partial charge is 0.191 e. The number of nitrogens with zero attached hydrogens (tertiary/aromatic N) is 1. The quantitative estimate of drug-likeness (QED) is 0.625. The van der Waals surface area contributed by atoms with E-state index in [4.69, 9.17) is 9.47 Å². The molecule has 0 bridgehead atoms. The predicted octanol–water partition coefficient (Wildman–Crippen LogP) is 2.24. The monoisotopic (exact) mass is 305 g/mol. The van der Waals surface area contributed by atoms with Gasteiger partial charge in [-0.25, -0.2) is 4.99 Å². The van der Waals surface area contributed by atoms with E-state index in [0.717, 1.165) is 55.4 Å². The number of aryl methyl sites for hydroxylation is 1. The van der Waals surface area contributed by atoms with E-state index < -0.39 is 0 Å². The molecule has 22 heavy (non-hydrogen) atoms. The Labute approximate surface area is 133 Å². The first-order valence-electron chi connectivity index (χ1n) is 8.00. The Morgan fingerprint density at radius 2 is 2.27 bits per heavy atom. The molecule has 0 spiro atoms. The summed E-state index contributed by atoms with van der Waals surface area (Å²) >= 11 is 0. The molecule has 5 heteroatoms. The summed E-state index contributed by atoms with van der Waals surface area (Å²) in [5, 5.41) is 6.62. The summed E-state index contributed by atoms with van der Waals surface area (Å²) in [6.45, 7) is 7.26. The molecule has 1 aromatic rings. The molecule has 1 aliphatic heterocycles. The number of rotatable bonds is 6. The van der Waals surface area contributed by atoms with E-state index in [1.807, 2.05) is 13.0 Å². The van der Waals surface area contributed by atoms with Crippen molar-refractivity contribution in [3.8, 4) is 5.75 Å². The minimum absolute atomic E-state index is 0.309. The van der Waals surface area contributed by atoms with Gasteiger partial charge < -0.3 is 20.1 Å². The molecule has 1 fully saturated rings. The highest BCUT2D eigenvalue weighted by molar-refractivity contribution is 5.79. The maximum absolute atomic E-state index is 5.63. The first-order chi connectivity index (χ1) is 10.7. The SMILES string of the molecule is CCNC(=NCc1ccc(C)c(OC)c1)NCC1CCCO1. The Balaban J connectivity index is 1.93. The first kappa shape index (κ1) is 16.6. The molecule has 0 amide bonds. The van der Waals surface area contributed by atoms with Crippen LogP contribution in [-0.4, -0.2) is 38.9 Å². The van der Waals surface area contributed by atoms with Gasteiger partial charge in [0, 0.05) is 19.7 Å². The van der Waals surface area contributed by atoms with Gasteiger partial charge in [0.05, 0.1) is 19.8 Å². The Morgan fingerprint density at radius 1 is 1.41 bits per heavy atom. The van der Waals surface area contributed by atoms with Crippen LogP contribution in [0, 0.1) is 6.92 Å². The van der Waals surface area contributed by atoms with E-state index >= 15 is 0 Å². The van der Waals surface area contributed by atoms with Crippen molar-refractivity contribution in [2.24, 2.45) is 4.99 Å².